The number of ether oxygens (including phenoxy) is 4. The van der Waals surface area contributed by atoms with Crippen molar-refractivity contribution in [3.8, 4) is 23.0 Å². The van der Waals surface area contributed by atoms with Crippen LogP contribution in [0.5, 0.6) is 23.0 Å². The number of methoxy groups -OCH3 is 4. The van der Waals surface area contributed by atoms with Crippen molar-refractivity contribution in [3.63, 3.8) is 0 Å². The van der Waals surface area contributed by atoms with Crippen LogP contribution in [0.4, 0.5) is 11.5 Å². The summed E-state index contributed by atoms with van der Waals surface area (Å²) in [5, 5.41) is 2.95. The SMILES string of the molecule is CCc1nc2ccc(C(=O)Nc3ccc(OC)c(OC)c3)cn2c1N(CC)Cc1ccc(OC)c(OC)c1. The third-order valence-electron chi connectivity index (χ3n) is 6.40. The maximum atomic E-state index is 13.2. The smallest absolute Gasteiger partial charge is 0.257 e. The zero-order valence-electron chi connectivity index (χ0n) is 22.7. The molecule has 9 heteroatoms. The Morgan fingerprint density at radius 3 is 2.16 bits per heavy atom. The summed E-state index contributed by atoms with van der Waals surface area (Å²) in [7, 11) is 6.39. The van der Waals surface area contributed by atoms with E-state index in [1.807, 2.05) is 34.9 Å². The van der Waals surface area contributed by atoms with Gasteiger partial charge in [0.15, 0.2) is 23.0 Å². The molecule has 0 fully saturated rings. The molecule has 0 saturated carbocycles. The molecule has 2 aromatic carbocycles. The lowest BCUT2D eigenvalue weighted by atomic mass is 10.1. The van der Waals surface area contributed by atoms with E-state index in [0.29, 0.717) is 40.8 Å². The van der Waals surface area contributed by atoms with E-state index in [4.69, 9.17) is 23.9 Å². The lowest BCUT2D eigenvalue weighted by Gasteiger charge is -2.24. The maximum absolute atomic E-state index is 13.2. The minimum absolute atomic E-state index is 0.236. The molecule has 1 amide bonds. The fourth-order valence-corrected chi connectivity index (χ4v) is 4.44. The van der Waals surface area contributed by atoms with Crippen molar-refractivity contribution in [1.82, 2.24) is 9.38 Å². The summed E-state index contributed by atoms with van der Waals surface area (Å²) in [5.74, 6) is 3.23. The van der Waals surface area contributed by atoms with Gasteiger partial charge in [-0.1, -0.05) is 13.0 Å². The number of amides is 1. The Bertz CT molecular complexity index is 1430. The van der Waals surface area contributed by atoms with Crippen molar-refractivity contribution >= 4 is 23.1 Å². The van der Waals surface area contributed by atoms with Crippen LogP contribution in [0.25, 0.3) is 5.65 Å². The Morgan fingerprint density at radius 1 is 0.868 bits per heavy atom. The van der Waals surface area contributed by atoms with Gasteiger partial charge in [0, 0.05) is 31.0 Å². The number of carbonyl (C=O) groups is 1. The molecule has 0 saturated heterocycles. The number of hydrogen-bond donors (Lipinski definition) is 1. The fourth-order valence-electron chi connectivity index (χ4n) is 4.44. The van der Waals surface area contributed by atoms with Crippen LogP contribution < -0.4 is 29.2 Å². The average molecular weight is 519 g/mol. The summed E-state index contributed by atoms with van der Waals surface area (Å²) in [4.78, 5) is 20.3. The largest absolute Gasteiger partial charge is 0.493 e. The molecule has 0 radical (unpaired) electrons. The molecule has 0 unspecified atom stereocenters. The molecular weight excluding hydrogens is 484 g/mol. The molecule has 4 rings (SSSR count). The predicted octanol–water partition coefficient (Wildman–Crippen LogP) is 5.21. The number of aryl methyl sites for hydroxylation is 1. The number of hydrogen-bond acceptors (Lipinski definition) is 7. The van der Waals surface area contributed by atoms with Crippen molar-refractivity contribution in [1.29, 1.82) is 0 Å². The normalized spacial score (nSPS) is 10.8. The van der Waals surface area contributed by atoms with Gasteiger partial charge in [-0.3, -0.25) is 9.20 Å². The number of benzene rings is 2. The molecule has 0 spiro atoms. The van der Waals surface area contributed by atoms with Gasteiger partial charge in [0.1, 0.15) is 11.5 Å². The van der Waals surface area contributed by atoms with E-state index < -0.39 is 0 Å². The van der Waals surface area contributed by atoms with Gasteiger partial charge in [-0.05, 0) is 55.3 Å². The number of fused-ring (bicyclic) bond motifs is 1. The monoisotopic (exact) mass is 518 g/mol. The van der Waals surface area contributed by atoms with Gasteiger partial charge in [-0.15, -0.1) is 0 Å². The second kappa shape index (κ2) is 11.8. The summed E-state index contributed by atoms with van der Waals surface area (Å²) in [6.45, 7) is 5.57. The van der Waals surface area contributed by atoms with Gasteiger partial charge in [0.05, 0.1) is 39.7 Å². The molecule has 0 bridgehead atoms. The molecular formula is C29H34N4O5. The van der Waals surface area contributed by atoms with Crippen LogP contribution >= 0.6 is 0 Å². The van der Waals surface area contributed by atoms with Gasteiger partial charge in [-0.25, -0.2) is 4.98 Å². The van der Waals surface area contributed by atoms with E-state index in [0.717, 1.165) is 35.7 Å². The van der Waals surface area contributed by atoms with Crippen LogP contribution in [0, 0.1) is 0 Å². The summed E-state index contributed by atoms with van der Waals surface area (Å²) in [5.41, 5.74) is 3.94. The predicted molar refractivity (Wildman–Crippen MR) is 148 cm³/mol. The highest BCUT2D eigenvalue weighted by atomic mass is 16.5. The summed E-state index contributed by atoms with van der Waals surface area (Å²) >= 11 is 0. The Morgan fingerprint density at radius 2 is 1.53 bits per heavy atom. The minimum Gasteiger partial charge on any atom is -0.493 e. The van der Waals surface area contributed by atoms with Crippen LogP contribution in [0.3, 0.4) is 0 Å². The fraction of sp³-hybridized carbons (Fsp3) is 0.310. The highest BCUT2D eigenvalue weighted by molar-refractivity contribution is 6.04. The topological polar surface area (TPSA) is 86.6 Å². The van der Waals surface area contributed by atoms with Crippen molar-refractivity contribution < 1.29 is 23.7 Å². The van der Waals surface area contributed by atoms with Crippen LogP contribution in [-0.4, -0.2) is 50.3 Å². The first-order valence-electron chi connectivity index (χ1n) is 12.5. The number of imidazole rings is 1. The second-order valence-corrected chi connectivity index (χ2v) is 8.61. The zero-order chi connectivity index (χ0) is 27.2. The van der Waals surface area contributed by atoms with E-state index in [1.54, 1.807) is 52.7 Å². The standard InChI is InChI=1S/C29H34N4O5/c1-7-22-29(32(8-2)17-19-9-12-23(35-3)25(15-19)37-5)33-18-20(10-14-27(33)31-22)28(34)30-21-11-13-24(36-4)26(16-21)38-6/h9-16,18H,7-8,17H2,1-6H3,(H,30,34). The number of pyridine rings is 1. The van der Waals surface area contributed by atoms with E-state index in [1.165, 1.54) is 0 Å². The first-order chi connectivity index (χ1) is 18.5. The zero-order valence-corrected chi connectivity index (χ0v) is 22.7. The number of aromatic nitrogens is 2. The molecule has 38 heavy (non-hydrogen) atoms. The molecule has 0 aliphatic carbocycles. The van der Waals surface area contributed by atoms with E-state index in [9.17, 15) is 4.79 Å². The Labute approximate surface area is 222 Å². The summed E-state index contributed by atoms with van der Waals surface area (Å²) in [6.07, 6.45) is 2.59. The highest BCUT2D eigenvalue weighted by Crippen LogP contribution is 2.32. The van der Waals surface area contributed by atoms with Crippen LogP contribution in [0.1, 0.15) is 35.5 Å². The van der Waals surface area contributed by atoms with E-state index in [-0.39, 0.29) is 5.91 Å². The quantitative estimate of drug-likeness (QED) is 0.292. The van der Waals surface area contributed by atoms with Crippen molar-refractivity contribution in [2.45, 2.75) is 26.8 Å². The molecule has 1 N–H and O–H groups in total. The van der Waals surface area contributed by atoms with Gasteiger partial charge in [-0.2, -0.15) is 0 Å². The second-order valence-electron chi connectivity index (χ2n) is 8.61. The third-order valence-corrected chi connectivity index (χ3v) is 6.40. The Hall–Kier alpha value is -4.40. The van der Waals surface area contributed by atoms with E-state index >= 15 is 0 Å². The number of rotatable bonds is 11. The Kier molecular flexibility index (Phi) is 8.25. The molecule has 0 aliphatic heterocycles. The van der Waals surface area contributed by atoms with Gasteiger partial charge in [0.25, 0.3) is 5.91 Å². The summed E-state index contributed by atoms with van der Waals surface area (Å²) in [6, 6.07) is 14.8. The van der Waals surface area contributed by atoms with Crippen LogP contribution in [0.15, 0.2) is 54.7 Å². The third kappa shape index (κ3) is 5.32. The van der Waals surface area contributed by atoms with Gasteiger partial charge < -0.3 is 29.2 Å². The van der Waals surface area contributed by atoms with Crippen LogP contribution in [0.2, 0.25) is 0 Å². The number of carbonyl (C=O) groups excluding carboxylic acids is 1. The van der Waals surface area contributed by atoms with Gasteiger partial charge >= 0.3 is 0 Å². The lowest BCUT2D eigenvalue weighted by molar-refractivity contribution is 0.102. The first kappa shape index (κ1) is 26.7. The van der Waals surface area contributed by atoms with Crippen molar-refractivity contribution in [2.24, 2.45) is 0 Å². The van der Waals surface area contributed by atoms with Crippen molar-refractivity contribution in [3.05, 3.63) is 71.5 Å². The molecule has 2 aromatic heterocycles. The maximum Gasteiger partial charge on any atom is 0.257 e. The molecule has 9 nitrogen and oxygen atoms in total. The lowest BCUT2D eigenvalue weighted by Crippen LogP contribution is -2.25. The Balaban J connectivity index is 1.67. The molecule has 2 heterocycles. The molecule has 0 aliphatic rings. The minimum atomic E-state index is -0.236. The van der Waals surface area contributed by atoms with Crippen LogP contribution in [-0.2, 0) is 13.0 Å². The summed E-state index contributed by atoms with van der Waals surface area (Å²) < 4.78 is 23.5. The first-order valence-corrected chi connectivity index (χ1v) is 12.5. The molecule has 0 atom stereocenters. The van der Waals surface area contributed by atoms with Crippen molar-refractivity contribution in [2.75, 3.05) is 45.2 Å². The number of nitrogens with one attached hydrogen (secondary N) is 1. The molecule has 200 valence electrons. The highest BCUT2D eigenvalue weighted by Gasteiger charge is 2.19. The average Bonchev–Trinajstić information content (AvgIpc) is 3.33. The number of nitrogens with zero attached hydrogens (tertiary/aromatic N) is 3. The van der Waals surface area contributed by atoms with Gasteiger partial charge in [0.2, 0.25) is 0 Å². The number of anilines is 2. The van der Waals surface area contributed by atoms with E-state index in [2.05, 4.69) is 24.1 Å². The molecule has 4 aromatic rings.